The molecule has 0 rings (SSSR count). The summed E-state index contributed by atoms with van der Waals surface area (Å²) < 4.78 is 32.6. The number of hydrogen-bond donors (Lipinski definition) is 1. The van der Waals surface area contributed by atoms with E-state index in [4.69, 9.17) is 18.5 Å². The molecule has 222 valence electrons. The van der Waals surface area contributed by atoms with E-state index < -0.39 is 32.5 Å². The van der Waals surface area contributed by atoms with Gasteiger partial charge in [-0.25, -0.2) is 4.79 Å². The Labute approximate surface area is 226 Å². The summed E-state index contributed by atoms with van der Waals surface area (Å²) in [6, 6.07) is -1.04. The monoisotopic (exact) mass is 553 g/mol. The second-order valence-electron chi connectivity index (χ2n) is 10.9. The van der Waals surface area contributed by atoms with Gasteiger partial charge in [0.2, 0.25) is 6.04 Å². The summed E-state index contributed by atoms with van der Waals surface area (Å²) in [6.07, 6.45) is 19.1. The molecule has 0 bridgehead atoms. The van der Waals surface area contributed by atoms with Gasteiger partial charge in [0.1, 0.15) is 12.7 Å². The van der Waals surface area contributed by atoms with Gasteiger partial charge in [-0.3, -0.25) is 4.57 Å². The number of carboxylic acids is 1. The van der Waals surface area contributed by atoms with Crippen LogP contribution in [0, 0.1) is 0 Å². The number of carbonyl (C=O) groups is 1. The van der Waals surface area contributed by atoms with Gasteiger partial charge in [0.15, 0.2) is 0 Å². The molecular formula is C27H56NO8P. The number of ether oxygens (including phenoxy) is 2. The first-order valence-electron chi connectivity index (χ1n) is 14.3. The average Bonchev–Trinajstić information content (AvgIpc) is 2.81. The van der Waals surface area contributed by atoms with Gasteiger partial charge in [-0.15, -0.1) is 0 Å². The van der Waals surface area contributed by atoms with E-state index in [9.17, 15) is 19.4 Å². The first kappa shape index (κ1) is 36.5. The Morgan fingerprint density at radius 3 is 1.62 bits per heavy atom. The zero-order chi connectivity index (χ0) is 28.0. The van der Waals surface area contributed by atoms with E-state index in [2.05, 4.69) is 6.92 Å². The lowest BCUT2D eigenvalue weighted by molar-refractivity contribution is -0.887. The van der Waals surface area contributed by atoms with Gasteiger partial charge in [-0.2, -0.15) is 0 Å². The zero-order valence-electron chi connectivity index (χ0n) is 24.3. The van der Waals surface area contributed by atoms with Crippen LogP contribution in [-0.4, -0.2) is 82.4 Å². The number of nitrogens with zero attached hydrogens (tertiary/aromatic N) is 1. The number of phosphoric ester groups is 1. The number of carboxylic acid groups (broad SMARTS) is 1. The molecule has 0 amide bonds. The van der Waals surface area contributed by atoms with Gasteiger partial charge in [0.25, 0.3) is 7.82 Å². The summed E-state index contributed by atoms with van der Waals surface area (Å²) in [5, 5.41) is 9.27. The molecule has 2 unspecified atom stereocenters. The minimum Gasteiger partial charge on any atom is -0.756 e. The molecule has 9 nitrogen and oxygen atoms in total. The number of methoxy groups -OCH3 is 1. The Balaban J connectivity index is 3.74. The van der Waals surface area contributed by atoms with Crippen molar-refractivity contribution in [3.8, 4) is 0 Å². The van der Waals surface area contributed by atoms with Gasteiger partial charge in [-0.05, 0) is 6.42 Å². The molecule has 0 heterocycles. The Morgan fingerprint density at radius 1 is 0.784 bits per heavy atom. The highest BCUT2D eigenvalue weighted by atomic mass is 31.2. The largest absolute Gasteiger partial charge is 0.756 e. The van der Waals surface area contributed by atoms with Crippen molar-refractivity contribution >= 4 is 13.8 Å². The second kappa shape index (κ2) is 22.3. The van der Waals surface area contributed by atoms with Crippen LogP contribution in [0.4, 0.5) is 0 Å². The highest BCUT2D eigenvalue weighted by Crippen LogP contribution is 2.39. The van der Waals surface area contributed by atoms with Crippen LogP contribution in [0.3, 0.4) is 0 Å². The van der Waals surface area contributed by atoms with Crippen LogP contribution >= 0.6 is 7.82 Å². The Morgan fingerprint density at radius 2 is 1.22 bits per heavy atom. The zero-order valence-corrected chi connectivity index (χ0v) is 25.2. The van der Waals surface area contributed by atoms with E-state index in [1.54, 1.807) is 21.1 Å². The predicted molar refractivity (Wildman–Crippen MR) is 146 cm³/mol. The maximum atomic E-state index is 12.0. The summed E-state index contributed by atoms with van der Waals surface area (Å²) in [4.78, 5) is 23.4. The summed E-state index contributed by atoms with van der Waals surface area (Å²) >= 11 is 0. The van der Waals surface area contributed by atoms with E-state index in [0.29, 0.717) is 6.61 Å². The van der Waals surface area contributed by atoms with E-state index >= 15 is 0 Å². The molecule has 0 aliphatic heterocycles. The number of likely N-dealkylation sites (N-methyl/N-ethyl adjacent to an activating group) is 1. The van der Waals surface area contributed by atoms with Crippen LogP contribution in [0.25, 0.3) is 0 Å². The fourth-order valence-corrected chi connectivity index (χ4v) is 4.72. The molecule has 1 N–H and O–H groups in total. The molecule has 0 aromatic rings. The minimum absolute atomic E-state index is 0.0170. The first-order valence-corrected chi connectivity index (χ1v) is 15.7. The third kappa shape index (κ3) is 22.0. The van der Waals surface area contributed by atoms with Crippen molar-refractivity contribution in [2.75, 3.05) is 54.7 Å². The second-order valence-corrected chi connectivity index (χ2v) is 12.3. The van der Waals surface area contributed by atoms with E-state index in [-0.39, 0.29) is 17.7 Å². The van der Waals surface area contributed by atoms with Crippen molar-refractivity contribution in [3.05, 3.63) is 0 Å². The van der Waals surface area contributed by atoms with Gasteiger partial charge in [-0.1, -0.05) is 96.8 Å². The van der Waals surface area contributed by atoms with E-state index in [1.165, 1.54) is 90.6 Å². The average molecular weight is 554 g/mol. The first-order chi connectivity index (χ1) is 17.5. The van der Waals surface area contributed by atoms with Crippen molar-refractivity contribution in [1.29, 1.82) is 0 Å². The number of aliphatic carboxylic acids is 1. The molecule has 0 saturated carbocycles. The summed E-state index contributed by atoms with van der Waals surface area (Å²) in [5.41, 5.74) is 0. The number of hydrogen-bond acceptors (Lipinski definition) is 7. The number of quaternary nitrogens is 1. The van der Waals surface area contributed by atoms with Crippen LogP contribution in [0.15, 0.2) is 0 Å². The molecule has 3 atom stereocenters. The molecular weight excluding hydrogens is 497 g/mol. The quantitative estimate of drug-likeness (QED) is 0.0800. The van der Waals surface area contributed by atoms with Gasteiger partial charge >= 0.3 is 5.97 Å². The van der Waals surface area contributed by atoms with Gasteiger partial charge in [0, 0.05) is 13.7 Å². The highest BCUT2D eigenvalue weighted by Gasteiger charge is 2.33. The molecule has 10 heteroatoms. The summed E-state index contributed by atoms with van der Waals surface area (Å²) in [5.74, 6) is -1.14. The SMILES string of the molecule is CCCCCCCCCCCCCCCCCOCC(COP(=O)([O-])OC[C@H](C(=O)O)[N+](C)(C)C)OC. The lowest BCUT2D eigenvalue weighted by Gasteiger charge is -2.32. The summed E-state index contributed by atoms with van der Waals surface area (Å²) in [7, 11) is 1.74. The Kier molecular flexibility index (Phi) is 22.0. The fraction of sp³-hybridized carbons (Fsp3) is 0.963. The smallest absolute Gasteiger partial charge is 0.365 e. The number of unbranched alkanes of at least 4 members (excludes halogenated alkanes) is 14. The van der Waals surface area contributed by atoms with Crippen LogP contribution in [0.5, 0.6) is 0 Å². The molecule has 0 saturated heterocycles. The lowest BCUT2D eigenvalue weighted by Crippen LogP contribution is -2.52. The third-order valence-electron chi connectivity index (χ3n) is 6.56. The normalized spacial score (nSPS) is 15.4. The Bertz CT molecular complexity index is 599. The third-order valence-corrected chi connectivity index (χ3v) is 7.49. The molecule has 0 radical (unpaired) electrons. The summed E-state index contributed by atoms with van der Waals surface area (Å²) in [6.45, 7) is 2.31. The van der Waals surface area contributed by atoms with Crippen LogP contribution < -0.4 is 4.89 Å². The van der Waals surface area contributed by atoms with Gasteiger partial charge in [0.05, 0.1) is 34.4 Å². The van der Waals surface area contributed by atoms with Crippen molar-refractivity contribution in [2.24, 2.45) is 0 Å². The molecule has 0 spiro atoms. The maximum Gasteiger partial charge on any atom is 0.365 e. The van der Waals surface area contributed by atoms with Gasteiger partial charge < -0.3 is 33.0 Å². The molecule has 0 aliphatic carbocycles. The van der Waals surface area contributed by atoms with E-state index in [0.717, 1.165) is 12.8 Å². The predicted octanol–water partition coefficient (Wildman–Crippen LogP) is 5.55. The lowest BCUT2D eigenvalue weighted by atomic mass is 10.0. The minimum atomic E-state index is -4.66. The molecule has 0 aromatic heterocycles. The highest BCUT2D eigenvalue weighted by molar-refractivity contribution is 7.45. The standard InChI is InChI=1S/C27H56NO8P/c1-6-7-8-9-10-11-12-13-14-15-16-17-18-19-20-21-34-22-25(33-5)23-35-37(31,32)36-24-26(27(29)30)28(2,3)4/h25-26H,6-24H2,1-5H3,(H-,29,30,31,32)/t25?,26-/m1/s1. The molecule has 37 heavy (non-hydrogen) atoms. The molecule has 0 aromatic carbocycles. The van der Waals surface area contributed by atoms with E-state index in [1.807, 2.05) is 0 Å². The van der Waals surface area contributed by atoms with Crippen molar-refractivity contribution in [3.63, 3.8) is 0 Å². The molecule has 0 aliphatic rings. The number of rotatable bonds is 27. The topological polar surface area (TPSA) is 114 Å². The molecule has 0 fully saturated rings. The van der Waals surface area contributed by atoms with Crippen LogP contribution in [0.2, 0.25) is 0 Å². The van der Waals surface area contributed by atoms with Crippen molar-refractivity contribution in [2.45, 2.75) is 115 Å². The maximum absolute atomic E-state index is 12.0. The fourth-order valence-electron chi connectivity index (χ4n) is 3.97. The van der Waals surface area contributed by atoms with Crippen molar-refractivity contribution < 1.29 is 42.4 Å². The Hall–Kier alpha value is -0.540. The van der Waals surface area contributed by atoms with Crippen LogP contribution in [0.1, 0.15) is 103 Å². The van der Waals surface area contributed by atoms with Crippen molar-refractivity contribution in [1.82, 2.24) is 0 Å². The number of phosphoric acid groups is 1. The van der Waals surface area contributed by atoms with Crippen LogP contribution in [-0.2, 0) is 27.9 Å².